The molecular weight excluding hydrogens is 418 g/mol. The van der Waals surface area contributed by atoms with Gasteiger partial charge in [0.25, 0.3) is 5.56 Å². The lowest BCUT2D eigenvalue weighted by molar-refractivity contribution is -0.385. The first-order valence-corrected chi connectivity index (χ1v) is 9.63. The van der Waals surface area contributed by atoms with E-state index in [2.05, 4.69) is 9.97 Å². The lowest BCUT2D eigenvalue weighted by Gasteiger charge is -2.09. The van der Waals surface area contributed by atoms with Gasteiger partial charge in [0.1, 0.15) is 5.82 Å². The Hall–Kier alpha value is -4.26. The van der Waals surface area contributed by atoms with Crippen molar-refractivity contribution >= 4 is 27.2 Å². The largest absolute Gasteiger partial charge is 0.419 e. The Kier molecular flexibility index (Phi) is 4.43. The number of hydrogen-bond donors (Lipinski definition) is 2. The Morgan fingerprint density at radius 2 is 1.67 bits per heavy atom. The topological polar surface area (TPSA) is 170 Å². The van der Waals surface area contributed by atoms with Gasteiger partial charge in [-0.05, 0) is 6.07 Å². The standard InChI is InChI=1S/C17H11N5O7S/c23-16-13-15(19-14(18-13)10-6-2-1-3-7-10)21(17(24)20-16)30(27,28)29-12-9-5-4-8-11(12)22(25)26/h1-9H,(H,18,19)(H,20,23,24). The molecule has 12 nitrogen and oxygen atoms in total. The Morgan fingerprint density at radius 1 is 1.00 bits per heavy atom. The maximum atomic E-state index is 12.8. The number of fused-ring (bicyclic) bond motifs is 1. The maximum absolute atomic E-state index is 12.8. The molecule has 2 aromatic heterocycles. The maximum Gasteiger partial charge on any atom is 0.419 e. The van der Waals surface area contributed by atoms with Crippen LogP contribution in [0.2, 0.25) is 0 Å². The molecule has 4 aromatic rings. The van der Waals surface area contributed by atoms with Gasteiger partial charge in [0.15, 0.2) is 11.2 Å². The van der Waals surface area contributed by atoms with Gasteiger partial charge >= 0.3 is 21.7 Å². The molecule has 0 unspecified atom stereocenters. The summed E-state index contributed by atoms with van der Waals surface area (Å²) >= 11 is 0. The van der Waals surface area contributed by atoms with E-state index in [4.69, 9.17) is 4.18 Å². The minimum atomic E-state index is -4.97. The van der Waals surface area contributed by atoms with Crippen LogP contribution in [0.4, 0.5) is 5.69 Å². The number of aromatic nitrogens is 4. The number of hydrogen-bond acceptors (Lipinski definition) is 8. The molecule has 0 aliphatic rings. The van der Waals surface area contributed by atoms with Crippen LogP contribution in [-0.2, 0) is 10.3 Å². The van der Waals surface area contributed by atoms with Crippen molar-refractivity contribution in [3.63, 3.8) is 0 Å². The first-order chi connectivity index (χ1) is 14.3. The zero-order valence-corrected chi connectivity index (χ0v) is 15.6. The molecule has 2 heterocycles. The molecule has 2 aromatic carbocycles. The quantitative estimate of drug-likeness (QED) is 0.351. The van der Waals surface area contributed by atoms with Gasteiger partial charge < -0.3 is 9.17 Å². The highest BCUT2D eigenvalue weighted by atomic mass is 32.2. The monoisotopic (exact) mass is 429 g/mol. The number of imidazole rings is 1. The first-order valence-electron chi connectivity index (χ1n) is 8.27. The van der Waals surface area contributed by atoms with Crippen LogP contribution in [0.25, 0.3) is 22.6 Å². The van der Waals surface area contributed by atoms with E-state index in [1.807, 2.05) is 4.98 Å². The van der Waals surface area contributed by atoms with Crippen LogP contribution < -0.4 is 15.4 Å². The fourth-order valence-electron chi connectivity index (χ4n) is 2.75. The van der Waals surface area contributed by atoms with Gasteiger partial charge in [0.05, 0.1) is 4.92 Å². The van der Waals surface area contributed by atoms with Crippen molar-refractivity contribution in [3.8, 4) is 17.1 Å². The van der Waals surface area contributed by atoms with Gasteiger partial charge in [-0.15, -0.1) is 3.97 Å². The number of nitrogens with zero attached hydrogens (tertiary/aromatic N) is 3. The van der Waals surface area contributed by atoms with Gasteiger partial charge in [-0.3, -0.25) is 19.9 Å². The number of H-pyrrole nitrogens is 2. The van der Waals surface area contributed by atoms with E-state index in [0.29, 0.717) is 5.56 Å². The highest BCUT2D eigenvalue weighted by molar-refractivity contribution is 7.85. The predicted molar refractivity (Wildman–Crippen MR) is 104 cm³/mol. The molecule has 13 heteroatoms. The molecule has 0 fully saturated rings. The van der Waals surface area contributed by atoms with Gasteiger partial charge in [-0.25, -0.2) is 9.78 Å². The highest BCUT2D eigenvalue weighted by Gasteiger charge is 2.28. The van der Waals surface area contributed by atoms with E-state index < -0.39 is 43.6 Å². The van der Waals surface area contributed by atoms with Crippen molar-refractivity contribution in [1.29, 1.82) is 0 Å². The third-order valence-corrected chi connectivity index (χ3v) is 5.21. The molecular formula is C17H11N5O7S. The van der Waals surface area contributed by atoms with Crippen LogP contribution in [0.5, 0.6) is 5.75 Å². The van der Waals surface area contributed by atoms with Crippen LogP contribution in [0.1, 0.15) is 0 Å². The Morgan fingerprint density at radius 3 is 2.37 bits per heavy atom. The van der Waals surface area contributed by atoms with Crippen molar-refractivity contribution in [2.45, 2.75) is 0 Å². The number of nitro benzene ring substituents is 1. The zero-order valence-electron chi connectivity index (χ0n) is 14.8. The number of aromatic amines is 2. The molecule has 0 saturated heterocycles. The SMILES string of the molecule is O=c1[nH]c(=O)n(S(=O)(=O)Oc2ccccc2[N+](=O)[O-])c2nc(-c3ccccc3)[nH]c12. The second-order valence-corrected chi connectivity index (χ2v) is 7.33. The van der Waals surface area contributed by atoms with Crippen LogP contribution in [0.15, 0.2) is 64.2 Å². The van der Waals surface area contributed by atoms with E-state index in [1.54, 1.807) is 30.3 Å². The van der Waals surface area contributed by atoms with Crippen molar-refractivity contribution < 1.29 is 17.5 Å². The number of nitrogens with one attached hydrogen (secondary N) is 2. The summed E-state index contributed by atoms with van der Waals surface area (Å²) in [7, 11) is -4.97. The van der Waals surface area contributed by atoms with Gasteiger partial charge in [0, 0.05) is 11.6 Å². The summed E-state index contributed by atoms with van der Waals surface area (Å²) in [4.78, 5) is 43.4. The summed E-state index contributed by atoms with van der Waals surface area (Å²) in [6.45, 7) is 0. The summed E-state index contributed by atoms with van der Waals surface area (Å²) in [5.74, 6) is -0.469. The minimum absolute atomic E-state index is 0.128. The number of nitro groups is 1. The van der Waals surface area contributed by atoms with E-state index >= 15 is 0 Å². The fourth-order valence-corrected chi connectivity index (χ4v) is 3.78. The summed E-state index contributed by atoms with van der Waals surface area (Å²) in [5.41, 5.74) is -3.12. The molecule has 0 aliphatic heterocycles. The summed E-state index contributed by atoms with van der Waals surface area (Å²) in [6.07, 6.45) is 0. The smallest absolute Gasteiger partial charge is 0.359 e. The highest BCUT2D eigenvalue weighted by Crippen LogP contribution is 2.28. The van der Waals surface area contributed by atoms with Crippen LogP contribution in [0.3, 0.4) is 0 Å². The first kappa shape index (κ1) is 19.1. The summed E-state index contributed by atoms with van der Waals surface area (Å²) in [5, 5.41) is 11.1. The second kappa shape index (κ2) is 6.97. The molecule has 30 heavy (non-hydrogen) atoms. The number of rotatable bonds is 5. The molecule has 0 bridgehead atoms. The van der Waals surface area contributed by atoms with E-state index in [0.717, 1.165) is 12.1 Å². The molecule has 0 amide bonds. The molecule has 0 spiro atoms. The summed E-state index contributed by atoms with van der Waals surface area (Å²) < 4.78 is 30.6. The van der Waals surface area contributed by atoms with E-state index in [1.165, 1.54) is 12.1 Å². The average molecular weight is 429 g/mol. The van der Waals surface area contributed by atoms with Crippen LogP contribution in [-0.4, -0.2) is 32.3 Å². The van der Waals surface area contributed by atoms with E-state index in [9.17, 15) is 28.1 Å². The molecule has 0 atom stereocenters. The Bertz CT molecular complexity index is 1500. The van der Waals surface area contributed by atoms with Gasteiger partial charge in [-0.2, -0.15) is 8.42 Å². The molecule has 0 radical (unpaired) electrons. The van der Waals surface area contributed by atoms with Crippen molar-refractivity contribution in [1.82, 2.24) is 18.9 Å². The van der Waals surface area contributed by atoms with Gasteiger partial charge in [0.2, 0.25) is 5.75 Å². The zero-order chi connectivity index (χ0) is 21.5. The molecule has 4 rings (SSSR count). The Balaban J connectivity index is 1.92. The predicted octanol–water partition coefficient (Wildman–Crippen LogP) is 1.16. The average Bonchev–Trinajstić information content (AvgIpc) is 3.13. The lowest BCUT2D eigenvalue weighted by atomic mass is 10.2. The van der Waals surface area contributed by atoms with Gasteiger partial charge in [-0.1, -0.05) is 42.5 Å². The number of para-hydroxylation sites is 2. The van der Waals surface area contributed by atoms with Crippen LogP contribution in [0, 0.1) is 10.1 Å². The molecule has 2 N–H and O–H groups in total. The summed E-state index contributed by atoms with van der Waals surface area (Å²) in [6, 6.07) is 13.2. The van der Waals surface area contributed by atoms with Crippen molar-refractivity contribution in [2.75, 3.05) is 0 Å². The lowest BCUT2D eigenvalue weighted by Crippen LogP contribution is -2.36. The van der Waals surface area contributed by atoms with Crippen molar-refractivity contribution in [3.05, 3.63) is 85.5 Å². The third-order valence-electron chi connectivity index (χ3n) is 4.04. The molecule has 0 saturated carbocycles. The molecule has 152 valence electrons. The Labute approximate surface area is 166 Å². The third kappa shape index (κ3) is 3.22. The fraction of sp³-hybridized carbons (Fsp3) is 0. The van der Waals surface area contributed by atoms with Crippen molar-refractivity contribution in [2.24, 2.45) is 0 Å². The normalized spacial score (nSPS) is 11.5. The molecule has 0 aliphatic carbocycles. The minimum Gasteiger partial charge on any atom is -0.359 e. The van der Waals surface area contributed by atoms with E-state index in [-0.39, 0.29) is 15.3 Å². The van der Waals surface area contributed by atoms with Crippen LogP contribution >= 0.6 is 0 Å². The second-order valence-electron chi connectivity index (χ2n) is 5.94. The number of benzene rings is 2.